The average Bonchev–Trinajstić information content (AvgIpc) is 3.04. The Kier molecular flexibility index (Phi) is 2.25. The van der Waals surface area contributed by atoms with Crippen LogP contribution in [0.25, 0.3) is 49.4 Å². The first-order valence-electron chi connectivity index (χ1n) is 9.14. The number of benzene rings is 4. The summed E-state index contributed by atoms with van der Waals surface area (Å²) in [5.41, 5.74) is 7.64. The summed E-state index contributed by atoms with van der Waals surface area (Å²) in [5.74, 6) is 0. The van der Waals surface area contributed by atoms with E-state index in [2.05, 4.69) is 88.7 Å². The zero-order valence-electron chi connectivity index (χ0n) is 14.4. The summed E-state index contributed by atoms with van der Waals surface area (Å²) in [5, 5.41) is 8.45. The first kappa shape index (κ1) is 13.5. The summed E-state index contributed by atoms with van der Waals surface area (Å²) in [6, 6.07) is 27.7. The summed E-state index contributed by atoms with van der Waals surface area (Å²) in [4.78, 5) is 0. The van der Waals surface area contributed by atoms with Crippen molar-refractivity contribution in [3.63, 3.8) is 0 Å². The molecule has 0 spiro atoms. The van der Waals surface area contributed by atoms with E-state index in [1.54, 1.807) is 0 Å². The van der Waals surface area contributed by atoms with Gasteiger partial charge in [-0.25, -0.2) is 0 Å². The van der Waals surface area contributed by atoms with Crippen LogP contribution in [0, 0.1) is 0 Å². The minimum atomic E-state index is 0.931. The highest BCUT2D eigenvalue weighted by Gasteiger charge is 2.22. The lowest BCUT2D eigenvalue weighted by molar-refractivity contribution is 0.669. The van der Waals surface area contributed by atoms with Crippen molar-refractivity contribution < 1.29 is 4.42 Å². The second-order valence-corrected chi connectivity index (χ2v) is 7.11. The van der Waals surface area contributed by atoms with Crippen LogP contribution in [0.5, 0.6) is 0 Å². The Morgan fingerprint density at radius 2 is 1.37 bits per heavy atom. The van der Waals surface area contributed by atoms with Gasteiger partial charge in [0.1, 0.15) is 11.2 Å². The Bertz CT molecular complexity index is 1550. The van der Waals surface area contributed by atoms with Crippen molar-refractivity contribution in [3.05, 3.63) is 78.9 Å². The molecule has 0 unspecified atom stereocenters. The van der Waals surface area contributed by atoms with Crippen LogP contribution in [0.15, 0.2) is 83.3 Å². The number of aromatic nitrogens is 1. The predicted molar refractivity (Wildman–Crippen MR) is 111 cm³/mol. The zero-order valence-corrected chi connectivity index (χ0v) is 14.4. The molecule has 1 aliphatic heterocycles. The molecule has 0 saturated carbocycles. The van der Waals surface area contributed by atoms with Crippen LogP contribution >= 0.6 is 0 Å². The third-order valence-electron chi connectivity index (χ3n) is 5.71. The third-order valence-corrected chi connectivity index (χ3v) is 5.71. The minimum Gasteiger partial charge on any atom is -0.456 e. The smallest absolute Gasteiger partial charge is 0.137 e. The summed E-state index contributed by atoms with van der Waals surface area (Å²) < 4.78 is 8.59. The highest BCUT2D eigenvalue weighted by atomic mass is 16.3. The van der Waals surface area contributed by atoms with Gasteiger partial charge in [-0.3, -0.25) is 0 Å². The summed E-state index contributed by atoms with van der Waals surface area (Å²) in [7, 11) is 0. The van der Waals surface area contributed by atoms with Crippen LogP contribution in [0.1, 0.15) is 0 Å². The van der Waals surface area contributed by atoms with Gasteiger partial charge in [-0.15, -0.1) is 0 Å². The van der Waals surface area contributed by atoms with Crippen LogP contribution in [-0.2, 0) is 0 Å². The van der Waals surface area contributed by atoms with Crippen molar-refractivity contribution in [2.75, 3.05) is 5.32 Å². The summed E-state index contributed by atoms with van der Waals surface area (Å²) in [6.07, 6.45) is 0. The monoisotopic (exact) mass is 346 g/mol. The molecule has 0 amide bonds. The van der Waals surface area contributed by atoms with Gasteiger partial charge in [0.25, 0.3) is 0 Å². The van der Waals surface area contributed by atoms with Crippen LogP contribution in [0.3, 0.4) is 0 Å². The Hall–Kier alpha value is -3.72. The van der Waals surface area contributed by atoms with E-state index in [-0.39, 0.29) is 0 Å². The summed E-state index contributed by atoms with van der Waals surface area (Å²) in [6.45, 7) is 0. The van der Waals surface area contributed by atoms with Crippen LogP contribution < -0.4 is 5.32 Å². The molecule has 2 aromatic heterocycles. The normalized spacial score (nSPS) is 12.7. The Labute approximate surface area is 154 Å². The van der Waals surface area contributed by atoms with E-state index >= 15 is 0 Å². The standard InChI is InChI=1S/C24H14N2O/c1-2-10-18-16(8-1)25-17-9-3-7-15-14-6-4-12-20-22(14)23-19(26(18)24(15)17)11-5-13-21(23)27-20/h1-13,25H. The van der Waals surface area contributed by atoms with Crippen molar-refractivity contribution in [3.8, 4) is 5.69 Å². The van der Waals surface area contributed by atoms with Gasteiger partial charge in [-0.05, 0) is 41.8 Å². The number of anilines is 2. The van der Waals surface area contributed by atoms with Gasteiger partial charge in [0.2, 0.25) is 0 Å². The maximum Gasteiger partial charge on any atom is 0.137 e. The van der Waals surface area contributed by atoms with E-state index in [0.29, 0.717) is 0 Å². The van der Waals surface area contributed by atoms with Crippen molar-refractivity contribution >= 4 is 55.1 Å². The number of hydrogen-bond acceptors (Lipinski definition) is 2. The fourth-order valence-electron chi connectivity index (χ4n) is 4.65. The first-order chi connectivity index (χ1) is 13.4. The Morgan fingerprint density at radius 3 is 2.33 bits per heavy atom. The second-order valence-electron chi connectivity index (χ2n) is 7.11. The largest absolute Gasteiger partial charge is 0.456 e. The van der Waals surface area contributed by atoms with Gasteiger partial charge < -0.3 is 14.3 Å². The zero-order chi connectivity index (χ0) is 17.5. The maximum atomic E-state index is 6.21. The van der Waals surface area contributed by atoms with Crippen molar-refractivity contribution in [2.45, 2.75) is 0 Å². The average molecular weight is 346 g/mol. The lowest BCUT2D eigenvalue weighted by Gasteiger charge is -2.24. The lowest BCUT2D eigenvalue weighted by Crippen LogP contribution is -2.08. The Balaban J connectivity index is 1.95. The van der Waals surface area contributed by atoms with Crippen molar-refractivity contribution in [2.24, 2.45) is 0 Å². The molecule has 0 fully saturated rings. The van der Waals surface area contributed by atoms with E-state index in [9.17, 15) is 0 Å². The van der Waals surface area contributed by atoms with Crippen molar-refractivity contribution in [1.82, 2.24) is 4.57 Å². The molecular formula is C24H14N2O. The molecule has 6 aromatic rings. The number of nitrogens with zero attached hydrogens (tertiary/aromatic N) is 1. The van der Waals surface area contributed by atoms with Crippen LogP contribution in [0.2, 0.25) is 0 Å². The SMILES string of the molecule is c1ccc2c(c1)Nc1cccc3c4cccc5oc6cccc(c6c54)n-2c13. The minimum absolute atomic E-state index is 0.931. The number of para-hydroxylation sites is 3. The molecule has 7 rings (SSSR count). The Morgan fingerprint density at radius 1 is 0.630 bits per heavy atom. The summed E-state index contributed by atoms with van der Waals surface area (Å²) >= 11 is 0. The maximum absolute atomic E-state index is 6.21. The molecule has 0 atom stereocenters. The van der Waals surface area contributed by atoms with Crippen LogP contribution in [-0.4, -0.2) is 4.57 Å². The molecule has 0 aliphatic carbocycles. The number of nitrogens with one attached hydrogen (secondary N) is 1. The lowest BCUT2D eigenvalue weighted by atomic mass is 10.0. The van der Waals surface area contributed by atoms with Gasteiger partial charge in [0, 0.05) is 10.8 Å². The molecule has 27 heavy (non-hydrogen) atoms. The molecule has 0 radical (unpaired) electrons. The van der Waals surface area contributed by atoms with Gasteiger partial charge in [-0.2, -0.15) is 0 Å². The van der Waals surface area contributed by atoms with Gasteiger partial charge >= 0.3 is 0 Å². The quantitative estimate of drug-likeness (QED) is 0.329. The molecule has 126 valence electrons. The van der Waals surface area contributed by atoms with Crippen molar-refractivity contribution in [1.29, 1.82) is 0 Å². The van der Waals surface area contributed by atoms with E-state index < -0.39 is 0 Å². The molecule has 4 aromatic carbocycles. The van der Waals surface area contributed by atoms with E-state index in [4.69, 9.17) is 4.42 Å². The first-order valence-corrected chi connectivity index (χ1v) is 9.14. The molecule has 1 aliphatic rings. The number of rotatable bonds is 0. The predicted octanol–water partition coefficient (Wildman–Crippen LogP) is 6.74. The highest BCUT2D eigenvalue weighted by molar-refractivity contribution is 6.27. The van der Waals surface area contributed by atoms with E-state index in [1.807, 2.05) is 0 Å². The van der Waals surface area contributed by atoms with Crippen LogP contribution in [0.4, 0.5) is 11.4 Å². The van der Waals surface area contributed by atoms with Gasteiger partial charge in [0.15, 0.2) is 0 Å². The number of furan rings is 1. The second kappa shape index (κ2) is 4.51. The molecule has 0 bridgehead atoms. The molecule has 3 heteroatoms. The number of hydrogen-bond donors (Lipinski definition) is 1. The topological polar surface area (TPSA) is 30.1 Å². The fraction of sp³-hybridized carbons (Fsp3) is 0. The van der Waals surface area contributed by atoms with E-state index in [1.165, 1.54) is 32.6 Å². The van der Waals surface area contributed by atoms with Gasteiger partial charge in [0.05, 0.1) is 33.5 Å². The number of fused-ring (bicyclic) bond motifs is 4. The van der Waals surface area contributed by atoms with E-state index in [0.717, 1.165) is 28.2 Å². The van der Waals surface area contributed by atoms with Gasteiger partial charge in [-0.1, -0.05) is 42.5 Å². The third kappa shape index (κ3) is 1.53. The molecular weight excluding hydrogens is 332 g/mol. The highest BCUT2D eigenvalue weighted by Crippen LogP contribution is 2.44. The molecule has 3 heterocycles. The molecule has 0 saturated heterocycles. The molecule has 1 N–H and O–H groups in total. The molecule has 3 nitrogen and oxygen atoms in total. The fourth-order valence-corrected chi connectivity index (χ4v) is 4.65.